The minimum absolute atomic E-state index is 0.372. The van der Waals surface area contributed by atoms with E-state index in [0.717, 1.165) is 5.69 Å². The van der Waals surface area contributed by atoms with Crippen LogP contribution in [0, 0.1) is 0 Å². The lowest BCUT2D eigenvalue weighted by Crippen LogP contribution is -2.49. The van der Waals surface area contributed by atoms with Gasteiger partial charge in [0, 0.05) is 17.8 Å². The third kappa shape index (κ3) is 2.83. The van der Waals surface area contributed by atoms with Crippen molar-refractivity contribution in [2.24, 2.45) is 0 Å². The highest BCUT2D eigenvalue weighted by atomic mass is 16.4. The molecule has 24 heavy (non-hydrogen) atoms. The van der Waals surface area contributed by atoms with E-state index in [-0.39, 0.29) is 0 Å². The number of carbonyl (C=O) groups is 2. The number of nitrogens with one attached hydrogen (secondary N) is 1. The van der Waals surface area contributed by atoms with Crippen LogP contribution in [0.3, 0.4) is 0 Å². The van der Waals surface area contributed by atoms with Gasteiger partial charge in [0.1, 0.15) is 5.54 Å². The Morgan fingerprint density at radius 1 is 1.21 bits per heavy atom. The predicted octanol–water partition coefficient (Wildman–Crippen LogP) is 2.01. The standard InChI is InChI=1S/C17H16N4O3/c1-17(2,16(23)24)19-15(22)12-6-3-7-14-13(12)10-21(20-14)11-5-4-8-18-9-11/h3-10H,1-2H3,(H,19,22)(H,23,24). The summed E-state index contributed by atoms with van der Waals surface area (Å²) in [4.78, 5) is 27.8. The number of hydrogen-bond acceptors (Lipinski definition) is 4. The molecule has 0 aliphatic rings. The zero-order valence-corrected chi connectivity index (χ0v) is 13.2. The highest BCUT2D eigenvalue weighted by molar-refractivity contribution is 6.07. The van der Waals surface area contributed by atoms with Crippen LogP contribution < -0.4 is 5.32 Å². The fourth-order valence-electron chi connectivity index (χ4n) is 2.27. The molecule has 0 spiro atoms. The number of pyridine rings is 1. The van der Waals surface area contributed by atoms with Crippen LogP contribution in [-0.2, 0) is 4.79 Å². The Morgan fingerprint density at radius 3 is 2.67 bits per heavy atom. The van der Waals surface area contributed by atoms with Crippen molar-refractivity contribution in [3.63, 3.8) is 0 Å². The monoisotopic (exact) mass is 324 g/mol. The molecule has 0 saturated carbocycles. The highest BCUT2D eigenvalue weighted by Gasteiger charge is 2.30. The van der Waals surface area contributed by atoms with E-state index in [1.165, 1.54) is 13.8 Å². The molecule has 1 amide bonds. The zero-order valence-electron chi connectivity index (χ0n) is 13.2. The summed E-state index contributed by atoms with van der Waals surface area (Å²) in [7, 11) is 0. The largest absolute Gasteiger partial charge is 0.480 e. The van der Waals surface area contributed by atoms with Crippen molar-refractivity contribution in [1.29, 1.82) is 0 Å². The van der Waals surface area contributed by atoms with E-state index in [4.69, 9.17) is 5.11 Å². The van der Waals surface area contributed by atoms with Crippen LogP contribution in [0.2, 0.25) is 0 Å². The van der Waals surface area contributed by atoms with Gasteiger partial charge in [-0.05, 0) is 38.1 Å². The molecule has 1 aromatic carbocycles. The minimum Gasteiger partial charge on any atom is -0.480 e. The lowest BCUT2D eigenvalue weighted by molar-refractivity contribution is -0.143. The Hall–Kier alpha value is -3.22. The average Bonchev–Trinajstić information content (AvgIpc) is 2.99. The number of amides is 1. The number of nitrogens with zero attached hydrogens (tertiary/aromatic N) is 3. The minimum atomic E-state index is -1.36. The molecule has 0 aliphatic heterocycles. The second-order valence-corrected chi connectivity index (χ2v) is 5.91. The zero-order chi connectivity index (χ0) is 17.3. The van der Waals surface area contributed by atoms with Crippen LogP contribution in [0.15, 0.2) is 48.9 Å². The van der Waals surface area contributed by atoms with Crippen LogP contribution in [0.1, 0.15) is 24.2 Å². The second kappa shape index (κ2) is 5.77. The summed E-state index contributed by atoms with van der Waals surface area (Å²) in [6.07, 6.45) is 5.06. The van der Waals surface area contributed by atoms with Crippen LogP contribution in [0.4, 0.5) is 0 Å². The smallest absolute Gasteiger partial charge is 0.328 e. The first-order chi connectivity index (χ1) is 11.4. The van der Waals surface area contributed by atoms with Gasteiger partial charge in [-0.1, -0.05) is 6.07 Å². The Bertz CT molecular complexity index is 916. The van der Waals surface area contributed by atoms with Crippen LogP contribution in [0.25, 0.3) is 16.6 Å². The Kier molecular flexibility index (Phi) is 3.76. The summed E-state index contributed by atoms with van der Waals surface area (Å²) in [6, 6.07) is 8.80. The molecule has 7 heteroatoms. The van der Waals surface area contributed by atoms with E-state index in [0.29, 0.717) is 16.5 Å². The third-order valence-corrected chi connectivity index (χ3v) is 3.67. The lowest BCUT2D eigenvalue weighted by Gasteiger charge is -2.21. The number of carboxylic acid groups (broad SMARTS) is 1. The molecule has 7 nitrogen and oxygen atoms in total. The second-order valence-electron chi connectivity index (χ2n) is 5.91. The Labute approximate surface area is 137 Å². The van der Waals surface area contributed by atoms with E-state index < -0.39 is 17.4 Å². The Morgan fingerprint density at radius 2 is 2.00 bits per heavy atom. The van der Waals surface area contributed by atoms with Crippen LogP contribution in [0.5, 0.6) is 0 Å². The van der Waals surface area contributed by atoms with E-state index >= 15 is 0 Å². The van der Waals surface area contributed by atoms with Gasteiger partial charge in [-0.25, -0.2) is 9.48 Å². The SMILES string of the molecule is CC(C)(NC(=O)c1cccc2nn(-c3cccnc3)cc12)C(=O)O. The predicted molar refractivity (Wildman–Crippen MR) is 88.0 cm³/mol. The molecule has 0 bridgehead atoms. The summed E-state index contributed by atoms with van der Waals surface area (Å²) in [5.41, 5.74) is 0.418. The molecule has 122 valence electrons. The van der Waals surface area contributed by atoms with Gasteiger partial charge in [0.25, 0.3) is 5.91 Å². The maximum absolute atomic E-state index is 12.5. The van der Waals surface area contributed by atoms with Gasteiger partial charge in [0.2, 0.25) is 0 Å². The molecular formula is C17H16N4O3. The van der Waals surface area contributed by atoms with Crippen molar-refractivity contribution in [3.8, 4) is 5.69 Å². The molecule has 3 aromatic rings. The van der Waals surface area contributed by atoms with Crippen LogP contribution >= 0.6 is 0 Å². The van der Waals surface area contributed by atoms with Gasteiger partial charge < -0.3 is 10.4 Å². The number of carboxylic acids is 1. The van der Waals surface area contributed by atoms with Gasteiger partial charge >= 0.3 is 5.97 Å². The normalized spacial score (nSPS) is 11.4. The molecule has 2 aromatic heterocycles. The van der Waals surface area contributed by atoms with Crippen molar-refractivity contribution >= 4 is 22.8 Å². The molecule has 0 aliphatic carbocycles. The van der Waals surface area contributed by atoms with E-state index in [1.807, 2.05) is 6.07 Å². The van der Waals surface area contributed by atoms with Crippen molar-refractivity contribution in [2.45, 2.75) is 19.4 Å². The Balaban J connectivity index is 2.02. The molecule has 0 unspecified atom stereocenters. The maximum Gasteiger partial charge on any atom is 0.328 e. The molecule has 0 atom stereocenters. The topological polar surface area (TPSA) is 97.1 Å². The van der Waals surface area contributed by atoms with Gasteiger partial charge in [-0.2, -0.15) is 5.10 Å². The fraction of sp³-hybridized carbons (Fsp3) is 0.176. The van der Waals surface area contributed by atoms with Gasteiger partial charge in [0.15, 0.2) is 0 Å². The van der Waals surface area contributed by atoms with E-state index in [2.05, 4.69) is 15.4 Å². The van der Waals surface area contributed by atoms with Crippen molar-refractivity contribution in [1.82, 2.24) is 20.1 Å². The van der Waals surface area contributed by atoms with Crippen LogP contribution in [-0.4, -0.2) is 37.3 Å². The third-order valence-electron chi connectivity index (χ3n) is 3.67. The van der Waals surface area contributed by atoms with Gasteiger partial charge in [-0.3, -0.25) is 9.78 Å². The first-order valence-corrected chi connectivity index (χ1v) is 7.33. The summed E-state index contributed by atoms with van der Waals surface area (Å²) in [5, 5.41) is 16.8. The highest BCUT2D eigenvalue weighted by Crippen LogP contribution is 2.20. The summed E-state index contributed by atoms with van der Waals surface area (Å²) >= 11 is 0. The number of aliphatic carboxylic acids is 1. The molecule has 0 radical (unpaired) electrons. The maximum atomic E-state index is 12.5. The summed E-state index contributed by atoms with van der Waals surface area (Å²) < 4.78 is 1.64. The van der Waals surface area contributed by atoms with Crippen molar-refractivity contribution < 1.29 is 14.7 Å². The quantitative estimate of drug-likeness (QED) is 0.765. The number of hydrogen-bond donors (Lipinski definition) is 2. The molecule has 3 rings (SSSR count). The molecular weight excluding hydrogens is 308 g/mol. The van der Waals surface area contributed by atoms with Crippen molar-refractivity contribution in [3.05, 3.63) is 54.5 Å². The summed E-state index contributed by atoms with van der Waals surface area (Å²) in [6.45, 7) is 2.87. The number of benzene rings is 1. The summed E-state index contributed by atoms with van der Waals surface area (Å²) in [5.74, 6) is -1.56. The molecule has 2 heterocycles. The van der Waals surface area contributed by atoms with Crippen molar-refractivity contribution in [2.75, 3.05) is 0 Å². The fourth-order valence-corrected chi connectivity index (χ4v) is 2.27. The lowest BCUT2D eigenvalue weighted by atomic mass is 10.0. The van der Waals surface area contributed by atoms with E-state index in [9.17, 15) is 9.59 Å². The molecule has 0 saturated heterocycles. The van der Waals surface area contributed by atoms with Gasteiger partial charge in [-0.15, -0.1) is 0 Å². The molecule has 2 N–H and O–H groups in total. The first kappa shape index (κ1) is 15.7. The first-order valence-electron chi connectivity index (χ1n) is 7.33. The number of fused-ring (bicyclic) bond motifs is 1. The molecule has 0 fully saturated rings. The average molecular weight is 324 g/mol. The number of carbonyl (C=O) groups excluding carboxylic acids is 1. The van der Waals surface area contributed by atoms with E-state index in [1.54, 1.807) is 47.5 Å². The number of aromatic nitrogens is 3. The number of rotatable bonds is 4. The van der Waals surface area contributed by atoms with Gasteiger partial charge in [0.05, 0.1) is 23.0 Å².